The van der Waals surface area contributed by atoms with E-state index >= 15 is 4.39 Å². The fraction of sp³-hybridized carbons (Fsp3) is 0.611. The fourth-order valence-electron chi connectivity index (χ4n) is 9.46. The van der Waals surface area contributed by atoms with E-state index in [9.17, 15) is 35.2 Å². The standard InChI is InChI=1S/C36H40ClF6N7O6S/c1-4-22(56-57(52,53)5-2)33(51)50-18-7-8-21(50)30-16(3)55-32-23-29(27(40)28(45-32)19-11-20(44)26(39)25(37)24(19)36(41,42)43)46-34(47-31(23)49(30)14-18)54-15-35-9-6-10-48(35)13-17(38)12-35/h11,16-18,21-22,30H,4-10,12-15,44H2,1-3H3/t16-,17+,18+,21-,22+,30+,35-/m0/s1. The normalized spacial score (nSPS) is 27.6. The first-order valence-corrected chi connectivity index (χ1v) is 20.8. The maximum absolute atomic E-state index is 17.1. The van der Waals surface area contributed by atoms with Gasteiger partial charge in [-0.25, -0.2) is 18.2 Å². The number of pyridine rings is 1. The SMILES string of the molecule is CC[C@@H](OS(=O)(=O)CC)C(=O)N1[C@@H]2CC[C@H]1[C@H]1[C@H](C)Oc3nc(-c4cc(N)c(F)c(Cl)c4C(F)(F)F)c(F)c4nc(OC[C@@]56CCCN5C[C@H](F)C6)nc(c34)N1C2. The van der Waals surface area contributed by atoms with Gasteiger partial charge in [-0.15, -0.1) is 0 Å². The Hall–Kier alpha value is -3.88. The van der Waals surface area contributed by atoms with Gasteiger partial charge < -0.3 is 25.0 Å². The highest BCUT2D eigenvalue weighted by Gasteiger charge is 2.55. The number of hydrogen-bond acceptors (Lipinski definition) is 12. The zero-order chi connectivity index (χ0) is 40.9. The summed E-state index contributed by atoms with van der Waals surface area (Å²) in [4.78, 5) is 32.8. The van der Waals surface area contributed by atoms with E-state index in [-0.39, 0.29) is 61.4 Å². The number of hydrogen-bond donors (Lipinski definition) is 1. The monoisotopic (exact) mass is 847 g/mol. The molecule has 4 saturated heterocycles. The molecule has 7 atom stereocenters. The number of piperazine rings is 1. The van der Waals surface area contributed by atoms with Crippen LogP contribution in [0.25, 0.3) is 22.2 Å². The second-order valence-corrected chi connectivity index (χ2v) is 17.6. The summed E-state index contributed by atoms with van der Waals surface area (Å²) in [6.07, 6.45) is -5.90. The number of ether oxygens (including phenoxy) is 2. The van der Waals surface area contributed by atoms with Crippen LogP contribution in [0, 0.1) is 11.6 Å². The second-order valence-electron chi connectivity index (χ2n) is 15.4. The third-order valence-electron chi connectivity index (χ3n) is 12.0. The van der Waals surface area contributed by atoms with Crippen LogP contribution in [0.2, 0.25) is 5.02 Å². The molecule has 13 nitrogen and oxygen atoms in total. The first-order valence-electron chi connectivity index (χ1n) is 18.8. The Labute approximate surface area is 328 Å². The molecule has 5 aliphatic rings. The van der Waals surface area contributed by atoms with Crippen molar-refractivity contribution in [3.8, 4) is 23.1 Å². The first-order chi connectivity index (χ1) is 26.9. The van der Waals surface area contributed by atoms with Gasteiger partial charge in [0.15, 0.2) is 17.7 Å². The number of halogens is 7. The summed E-state index contributed by atoms with van der Waals surface area (Å²) >= 11 is 5.87. The van der Waals surface area contributed by atoms with Crippen molar-refractivity contribution in [2.75, 3.05) is 42.6 Å². The van der Waals surface area contributed by atoms with Crippen LogP contribution in [-0.2, 0) is 25.3 Å². The van der Waals surface area contributed by atoms with E-state index in [1.807, 2.05) is 9.80 Å². The van der Waals surface area contributed by atoms with Gasteiger partial charge in [-0.2, -0.15) is 31.6 Å². The van der Waals surface area contributed by atoms with Crippen LogP contribution in [-0.4, -0.2) is 113 Å². The van der Waals surface area contributed by atoms with Crippen LogP contribution >= 0.6 is 11.6 Å². The van der Waals surface area contributed by atoms with Crippen molar-refractivity contribution in [2.24, 2.45) is 0 Å². The number of carbonyl (C=O) groups excluding carboxylic acids is 1. The molecule has 1 amide bonds. The Balaban J connectivity index is 1.28. The number of alkyl halides is 4. The second kappa shape index (κ2) is 14.1. The molecule has 4 fully saturated rings. The number of nitrogen functional groups attached to an aromatic ring is 1. The number of amides is 1. The average Bonchev–Trinajstić information content (AvgIpc) is 3.76. The smallest absolute Gasteiger partial charge is 0.418 e. The summed E-state index contributed by atoms with van der Waals surface area (Å²) < 4.78 is 133. The number of fused-ring (bicyclic) bond motifs is 6. The van der Waals surface area contributed by atoms with Gasteiger partial charge in [-0.05, 0) is 58.6 Å². The molecule has 0 aliphatic carbocycles. The van der Waals surface area contributed by atoms with Crippen LogP contribution in [0.5, 0.6) is 11.9 Å². The van der Waals surface area contributed by atoms with Gasteiger partial charge in [-0.3, -0.25) is 13.9 Å². The Morgan fingerprint density at radius 1 is 1.16 bits per heavy atom. The Morgan fingerprint density at radius 2 is 1.91 bits per heavy atom. The number of nitrogens with zero attached hydrogens (tertiary/aromatic N) is 6. The van der Waals surface area contributed by atoms with E-state index in [1.54, 1.807) is 18.7 Å². The molecule has 0 spiro atoms. The van der Waals surface area contributed by atoms with Gasteiger partial charge in [0.05, 0.1) is 39.6 Å². The molecule has 7 heterocycles. The van der Waals surface area contributed by atoms with Crippen LogP contribution < -0.4 is 20.1 Å². The van der Waals surface area contributed by atoms with Crippen molar-refractivity contribution in [3.05, 3.63) is 28.3 Å². The van der Waals surface area contributed by atoms with Gasteiger partial charge in [0.2, 0.25) is 5.88 Å². The van der Waals surface area contributed by atoms with Crippen molar-refractivity contribution < 1.29 is 53.2 Å². The number of carbonyl (C=O) groups is 1. The van der Waals surface area contributed by atoms with E-state index in [0.29, 0.717) is 31.9 Å². The molecule has 2 N–H and O–H groups in total. The van der Waals surface area contributed by atoms with E-state index in [0.717, 1.165) is 6.42 Å². The molecule has 2 aromatic heterocycles. The molecule has 0 unspecified atom stereocenters. The minimum absolute atomic E-state index is 0.0595. The zero-order valence-corrected chi connectivity index (χ0v) is 32.7. The van der Waals surface area contributed by atoms with Crippen molar-refractivity contribution in [1.29, 1.82) is 0 Å². The maximum atomic E-state index is 17.1. The molecular formula is C36H40ClF6N7O6S. The molecule has 0 saturated carbocycles. The predicted octanol–water partition coefficient (Wildman–Crippen LogP) is 5.65. The molecular weight excluding hydrogens is 808 g/mol. The topological polar surface area (TPSA) is 153 Å². The number of nitrogens with two attached hydrogens (primary N) is 1. The number of aromatic nitrogens is 3. The van der Waals surface area contributed by atoms with E-state index in [4.69, 9.17) is 36.0 Å². The number of rotatable bonds is 9. The number of benzene rings is 1. The molecule has 1 aromatic carbocycles. The third kappa shape index (κ3) is 6.57. The summed E-state index contributed by atoms with van der Waals surface area (Å²) in [5.41, 5.74) is 0.114. The van der Waals surface area contributed by atoms with Crippen LogP contribution in [0.4, 0.5) is 37.8 Å². The van der Waals surface area contributed by atoms with Crippen molar-refractivity contribution in [3.63, 3.8) is 0 Å². The molecule has 310 valence electrons. The molecule has 21 heteroatoms. The van der Waals surface area contributed by atoms with E-state index < -0.39 is 109 Å². The van der Waals surface area contributed by atoms with Crippen molar-refractivity contribution in [1.82, 2.24) is 24.8 Å². The van der Waals surface area contributed by atoms with Gasteiger partial charge in [0.25, 0.3) is 16.0 Å². The minimum Gasteiger partial charge on any atom is -0.472 e. The van der Waals surface area contributed by atoms with Gasteiger partial charge in [0.1, 0.15) is 41.3 Å². The van der Waals surface area contributed by atoms with Gasteiger partial charge in [-0.1, -0.05) is 18.5 Å². The molecule has 0 radical (unpaired) electrons. The lowest BCUT2D eigenvalue weighted by Gasteiger charge is -2.48. The predicted molar refractivity (Wildman–Crippen MR) is 195 cm³/mol. The Bertz CT molecular complexity index is 2260. The quantitative estimate of drug-likeness (QED) is 0.161. The molecule has 3 aromatic rings. The molecule has 2 bridgehead atoms. The Morgan fingerprint density at radius 3 is 2.61 bits per heavy atom. The summed E-state index contributed by atoms with van der Waals surface area (Å²) in [7, 11) is -4.00. The highest BCUT2D eigenvalue weighted by atomic mass is 35.5. The number of anilines is 2. The lowest BCUT2D eigenvalue weighted by molar-refractivity contribution is -0.143. The first kappa shape index (κ1) is 39.9. The largest absolute Gasteiger partial charge is 0.472 e. The highest BCUT2D eigenvalue weighted by Crippen LogP contribution is 2.50. The molecule has 57 heavy (non-hydrogen) atoms. The van der Waals surface area contributed by atoms with Crippen LogP contribution in [0.3, 0.4) is 0 Å². The van der Waals surface area contributed by atoms with E-state index in [1.165, 1.54) is 6.92 Å². The van der Waals surface area contributed by atoms with Crippen molar-refractivity contribution in [2.45, 2.75) is 108 Å². The maximum Gasteiger partial charge on any atom is 0.418 e. The third-order valence-corrected chi connectivity index (χ3v) is 13.6. The molecule has 5 aliphatic heterocycles. The average molecular weight is 848 g/mol. The Kier molecular flexibility index (Phi) is 9.91. The fourth-order valence-corrected chi connectivity index (χ4v) is 10.5. The van der Waals surface area contributed by atoms with Crippen LogP contribution in [0.15, 0.2) is 6.07 Å². The minimum atomic E-state index is -5.29. The van der Waals surface area contributed by atoms with Crippen LogP contribution in [0.1, 0.15) is 64.9 Å². The lowest BCUT2D eigenvalue weighted by atomic mass is 9.95. The lowest BCUT2D eigenvalue weighted by Crippen LogP contribution is -2.66. The summed E-state index contributed by atoms with van der Waals surface area (Å²) in [6.45, 7) is 5.61. The van der Waals surface area contributed by atoms with Gasteiger partial charge in [0, 0.05) is 31.1 Å². The zero-order valence-electron chi connectivity index (χ0n) is 31.1. The van der Waals surface area contributed by atoms with E-state index in [2.05, 4.69) is 9.97 Å². The van der Waals surface area contributed by atoms with Gasteiger partial charge >= 0.3 is 12.2 Å². The highest BCUT2D eigenvalue weighted by molar-refractivity contribution is 7.86. The molecule has 8 rings (SSSR count). The summed E-state index contributed by atoms with van der Waals surface area (Å²) in [5.74, 6) is -4.06. The summed E-state index contributed by atoms with van der Waals surface area (Å²) in [6, 6.07) is -1.58. The van der Waals surface area contributed by atoms with Crippen molar-refractivity contribution >= 4 is 50.0 Å². The summed E-state index contributed by atoms with van der Waals surface area (Å²) in [5, 5.41) is -1.48.